The molecule has 2 N–H and O–H groups in total. The molecule has 0 amide bonds. The number of nitrogens with zero attached hydrogens (tertiary/aromatic N) is 7. The topological polar surface area (TPSA) is 106 Å². The van der Waals surface area contributed by atoms with Gasteiger partial charge in [-0.2, -0.15) is 0 Å². The van der Waals surface area contributed by atoms with Crippen molar-refractivity contribution >= 4 is 71.4 Å². The van der Waals surface area contributed by atoms with Crippen LogP contribution in [0.25, 0.3) is 22.1 Å². The Morgan fingerprint density at radius 3 is 2.58 bits per heavy atom. The summed E-state index contributed by atoms with van der Waals surface area (Å²) in [5.41, 5.74) is 4.06. The molecular weight excluding hydrogens is 590 g/mol. The van der Waals surface area contributed by atoms with Crippen LogP contribution < -0.4 is 20.3 Å². The Balaban J connectivity index is 1.28. The smallest absolute Gasteiger partial charge is 0.226 e. The van der Waals surface area contributed by atoms with Crippen molar-refractivity contribution in [1.29, 1.82) is 0 Å². The van der Waals surface area contributed by atoms with E-state index in [9.17, 15) is 0 Å². The van der Waals surface area contributed by atoms with Crippen LogP contribution in [0.1, 0.15) is 0 Å². The van der Waals surface area contributed by atoms with Crippen LogP contribution in [-0.4, -0.2) is 55.7 Å². The molecule has 4 heterocycles. The molecular formula is C24H21Br2N9O. The van der Waals surface area contributed by atoms with Crippen molar-refractivity contribution in [2.24, 2.45) is 7.05 Å². The van der Waals surface area contributed by atoms with Crippen LogP contribution in [0.3, 0.4) is 0 Å². The van der Waals surface area contributed by atoms with E-state index in [4.69, 9.17) is 9.72 Å². The maximum atomic E-state index is 6.19. The zero-order chi connectivity index (χ0) is 24.6. The van der Waals surface area contributed by atoms with E-state index in [0.717, 1.165) is 51.8 Å². The number of piperazine rings is 1. The molecule has 1 aliphatic heterocycles. The summed E-state index contributed by atoms with van der Waals surface area (Å²) >= 11 is 7.30. The van der Waals surface area contributed by atoms with Gasteiger partial charge in [-0.05, 0) is 56.1 Å². The van der Waals surface area contributed by atoms with Crippen molar-refractivity contribution in [2.45, 2.75) is 0 Å². The number of aryl methyl sites for hydroxylation is 1. The van der Waals surface area contributed by atoms with Gasteiger partial charge in [-0.1, -0.05) is 0 Å². The number of aromatic nitrogens is 6. The predicted octanol–water partition coefficient (Wildman–Crippen LogP) is 4.78. The molecule has 6 rings (SSSR count). The van der Waals surface area contributed by atoms with Gasteiger partial charge in [-0.25, -0.2) is 24.9 Å². The lowest BCUT2D eigenvalue weighted by Gasteiger charge is -2.27. The van der Waals surface area contributed by atoms with Gasteiger partial charge in [0.1, 0.15) is 23.1 Å². The minimum absolute atomic E-state index is 0.604. The zero-order valence-corrected chi connectivity index (χ0v) is 22.4. The summed E-state index contributed by atoms with van der Waals surface area (Å²) in [6.45, 7) is 3.53. The molecule has 0 atom stereocenters. The highest BCUT2D eigenvalue weighted by molar-refractivity contribution is 9.11. The van der Waals surface area contributed by atoms with Gasteiger partial charge >= 0.3 is 0 Å². The van der Waals surface area contributed by atoms with E-state index in [-0.39, 0.29) is 0 Å². The van der Waals surface area contributed by atoms with Crippen molar-refractivity contribution in [3.05, 3.63) is 58.1 Å². The molecule has 0 radical (unpaired) electrons. The maximum absolute atomic E-state index is 6.19. The molecule has 1 aliphatic rings. The van der Waals surface area contributed by atoms with Crippen LogP contribution >= 0.6 is 31.9 Å². The molecule has 1 fully saturated rings. The molecule has 0 bridgehead atoms. The summed E-state index contributed by atoms with van der Waals surface area (Å²) in [5.74, 6) is 2.64. The monoisotopic (exact) mass is 609 g/mol. The Morgan fingerprint density at radius 1 is 0.972 bits per heavy atom. The number of nitrogens with one attached hydrogen (secondary N) is 2. The van der Waals surface area contributed by atoms with Crippen LogP contribution in [0.5, 0.6) is 11.5 Å². The van der Waals surface area contributed by atoms with Crippen molar-refractivity contribution in [3.63, 3.8) is 0 Å². The minimum Gasteiger partial charge on any atom is -0.455 e. The number of benzene rings is 2. The number of hydrogen-bond acceptors (Lipinski definition) is 9. The summed E-state index contributed by atoms with van der Waals surface area (Å²) in [4.78, 5) is 24.7. The number of halogens is 2. The maximum Gasteiger partial charge on any atom is 0.226 e. The highest BCUT2D eigenvalue weighted by Gasteiger charge is 2.17. The molecule has 3 aromatic heterocycles. The lowest BCUT2D eigenvalue weighted by atomic mass is 10.2. The van der Waals surface area contributed by atoms with E-state index >= 15 is 0 Å². The molecule has 0 spiro atoms. The SMILES string of the molecule is Cn1cnc2cc(Oc3c(Br)cc(Nc4ncnc5cnc(N6CCNCC6)nc45)cc3Br)ccc21. The Labute approximate surface area is 223 Å². The number of rotatable bonds is 5. The Hall–Kier alpha value is -3.35. The normalized spacial score (nSPS) is 13.9. The van der Waals surface area contributed by atoms with E-state index in [1.165, 1.54) is 6.33 Å². The molecule has 182 valence electrons. The second-order valence-electron chi connectivity index (χ2n) is 8.37. The van der Waals surface area contributed by atoms with E-state index in [1.807, 2.05) is 41.9 Å². The Morgan fingerprint density at radius 2 is 1.78 bits per heavy atom. The van der Waals surface area contributed by atoms with Crippen LogP contribution in [0, 0.1) is 0 Å². The first-order valence-corrected chi connectivity index (χ1v) is 12.9. The molecule has 12 heteroatoms. The van der Waals surface area contributed by atoms with Gasteiger partial charge in [0.15, 0.2) is 11.6 Å². The average Bonchev–Trinajstić information content (AvgIpc) is 3.26. The minimum atomic E-state index is 0.604. The molecule has 5 aromatic rings. The first kappa shape index (κ1) is 23.1. The summed E-state index contributed by atoms with van der Waals surface area (Å²) in [5, 5.41) is 6.72. The van der Waals surface area contributed by atoms with Crippen molar-refractivity contribution in [2.75, 3.05) is 36.4 Å². The number of anilines is 3. The molecule has 2 aromatic carbocycles. The fraction of sp³-hybridized carbons (Fsp3) is 0.208. The van der Waals surface area contributed by atoms with E-state index in [0.29, 0.717) is 34.3 Å². The van der Waals surface area contributed by atoms with Gasteiger partial charge in [0.2, 0.25) is 5.95 Å². The van der Waals surface area contributed by atoms with Crippen LogP contribution in [0.4, 0.5) is 17.5 Å². The third-order valence-corrected chi connectivity index (χ3v) is 7.12. The van der Waals surface area contributed by atoms with Crippen molar-refractivity contribution < 1.29 is 4.74 Å². The molecule has 1 saturated heterocycles. The van der Waals surface area contributed by atoms with Gasteiger partial charge in [-0.15, -0.1) is 0 Å². The van der Waals surface area contributed by atoms with E-state index < -0.39 is 0 Å². The molecule has 36 heavy (non-hydrogen) atoms. The molecule has 10 nitrogen and oxygen atoms in total. The molecule has 0 aliphatic carbocycles. The first-order chi connectivity index (χ1) is 17.5. The summed E-state index contributed by atoms with van der Waals surface area (Å²) < 4.78 is 9.71. The first-order valence-electron chi connectivity index (χ1n) is 11.3. The van der Waals surface area contributed by atoms with Gasteiger partial charge in [-0.3, -0.25) is 0 Å². The molecule has 0 unspecified atom stereocenters. The third-order valence-electron chi connectivity index (χ3n) is 5.94. The number of ether oxygens (including phenoxy) is 1. The quantitative estimate of drug-likeness (QED) is 0.291. The summed E-state index contributed by atoms with van der Waals surface area (Å²) in [6.07, 6.45) is 5.04. The Bertz CT molecular complexity index is 1560. The fourth-order valence-electron chi connectivity index (χ4n) is 4.12. The third kappa shape index (κ3) is 4.47. The second-order valence-corrected chi connectivity index (χ2v) is 10.1. The zero-order valence-electron chi connectivity index (χ0n) is 19.2. The van der Waals surface area contributed by atoms with Crippen LogP contribution in [0.15, 0.2) is 58.1 Å². The lowest BCUT2D eigenvalue weighted by Crippen LogP contribution is -2.44. The summed E-state index contributed by atoms with van der Waals surface area (Å²) in [6, 6.07) is 9.71. The molecule has 0 saturated carbocycles. The predicted molar refractivity (Wildman–Crippen MR) is 146 cm³/mol. The fourth-order valence-corrected chi connectivity index (χ4v) is 5.47. The lowest BCUT2D eigenvalue weighted by molar-refractivity contribution is 0.477. The second kappa shape index (κ2) is 9.60. The van der Waals surface area contributed by atoms with E-state index in [1.54, 1.807) is 12.5 Å². The van der Waals surface area contributed by atoms with E-state index in [2.05, 4.69) is 67.3 Å². The van der Waals surface area contributed by atoms with Crippen molar-refractivity contribution in [1.82, 2.24) is 34.8 Å². The highest BCUT2D eigenvalue weighted by Crippen LogP contribution is 2.40. The number of imidazole rings is 1. The summed E-state index contributed by atoms with van der Waals surface area (Å²) in [7, 11) is 1.97. The largest absolute Gasteiger partial charge is 0.455 e. The van der Waals surface area contributed by atoms with Gasteiger partial charge < -0.3 is 24.8 Å². The Kier molecular flexibility index (Phi) is 6.15. The van der Waals surface area contributed by atoms with Crippen LogP contribution in [0.2, 0.25) is 0 Å². The van der Waals surface area contributed by atoms with Crippen molar-refractivity contribution in [3.8, 4) is 11.5 Å². The standard InChI is InChI=1S/C24H21Br2N9O/c1-34-13-31-18-10-15(2-3-20(18)34)36-22-16(25)8-14(9-17(22)26)32-23-21-19(29-12-30-23)11-28-24(33-21)35-6-4-27-5-7-35/h2-3,8-13,27H,4-7H2,1H3,(H,29,30,32). The number of fused-ring (bicyclic) bond motifs is 2. The number of hydrogen-bond donors (Lipinski definition) is 2. The van der Waals surface area contributed by atoms with Gasteiger partial charge in [0, 0.05) is 45.0 Å². The van der Waals surface area contributed by atoms with Crippen LogP contribution in [-0.2, 0) is 7.05 Å². The van der Waals surface area contributed by atoms with Gasteiger partial charge in [0.05, 0.1) is 32.5 Å². The highest BCUT2D eigenvalue weighted by atomic mass is 79.9. The average molecular weight is 611 g/mol. The van der Waals surface area contributed by atoms with Gasteiger partial charge in [0.25, 0.3) is 0 Å².